The molecule has 1 fully saturated rings. The molecule has 1 aliphatic carbocycles. The number of benzene rings is 4. The van der Waals surface area contributed by atoms with Crippen molar-refractivity contribution in [2.24, 2.45) is 0 Å². The van der Waals surface area contributed by atoms with E-state index in [-0.39, 0.29) is 29.1 Å². The molecule has 0 aliphatic heterocycles. The van der Waals surface area contributed by atoms with Crippen LogP contribution in [0.4, 0.5) is 5.69 Å². The molecule has 0 saturated heterocycles. The Kier molecular flexibility index (Phi) is 11.4. The van der Waals surface area contributed by atoms with Gasteiger partial charge < -0.3 is 15.0 Å². The average molecular weight is 695 g/mol. The lowest BCUT2D eigenvalue weighted by molar-refractivity contribution is -0.140. The molecule has 1 saturated carbocycles. The zero-order chi connectivity index (χ0) is 33.4. The van der Waals surface area contributed by atoms with Crippen molar-refractivity contribution in [1.82, 2.24) is 10.2 Å². The number of hydrogen-bond acceptors (Lipinski definition) is 5. The summed E-state index contributed by atoms with van der Waals surface area (Å²) in [6.07, 6.45) is 4.14. The Morgan fingerprint density at radius 1 is 0.872 bits per heavy atom. The third-order valence-corrected chi connectivity index (χ3v) is 10.5. The van der Waals surface area contributed by atoms with Gasteiger partial charge in [-0.2, -0.15) is 0 Å². The summed E-state index contributed by atoms with van der Waals surface area (Å²) in [5.74, 6) is 0.283. The predicted molar refractivity (Wildman–Crippen MR) is 185 cm³/mol. The Bertz CT molecular complexity index is 1770. The first kappa shape index (κ1) is 34.3. The minimum Gasteiger partial charge on any atom is -0.457 e. The van der Waals surface area contributed by atoms with E-state index < -0.39 is 28.5 Å². The van der Waals surface area contributed by atoms with E-state index in [9.17, 15) is 18.0 Å². The summed E-state index contributed by atoms with van der Waals surface area (Å²) in [7, 11) is -4.21. The van der Waals surface area contributed by atoms with Crippen LogP contribution in [0.1, 0.15) is 44.6 Å². The van der Waals surface area contributed by atoms with E-state index >= 15 is 0 Å². The monoisotopic (exact) mass is 693 g/mol. The highest BCUT2D eigenvalue weighted by molar-refractivity contribution is 7.92. The predicted octanol–water partition coefficient (Wildman–Crippen LogP) is 7.85. The van der Waals surface area contributed by atoms with Crippen molar-refractivity contribution in [1.29, 1.82) is 0 Å². The summed E-state index contributed by atoms with van der Waals surface area (Å²) in [4.78, 5) is 29.5. The first-order chi connectivity index (χ1) is 22.7. The number of nitrogens with one attached hydrogen (secondary N) is 1. The lowest BCUT2D eigenvalue weighted by Gasteiger charge is -2.34. The van der Waals surface area contributed by atoms with E-state index in [0.29, 0.717) is 33.5 Å². The van der Waals surface area contributed by atoms with E-state index in [1.807, 2.05) is 37.3 Å². The van der Waals surface area contributed by atoms with Gasteiger partial charge in [-0.05, 0) is 85.5 Å². The molecule has 1 aliphatic rings. The number of sulfonamides is 1. The highest BCUT2D eigenvalue weighted by Crippen LogP contribution is 2.30. The topological polar surface area (TPSA) is 96.0 Å². The molecule has 11 heteroatoms. The molecule has 8 nitrogen and oxygen atoms in total. The maximum absolute atomic E-state index is 14.4. The Balaban J connectivity index is 1.49. The molecule has 0 aromatic heterocycles. The summed E-state index contributed by atoms with van der Waals surface area (Å²) in [5, 5.41) is 3.88. The molecule has 1 atom stereocenters. The van der Waals surface area contributed by atoms with Gasteiger partial charge in [0, 0.05) is 22.6 Å². The zero-order valence-corrected chi connectivity index (χ0v) is 28.3. The zero-order valence-electron chi connectivity index (χ0n) is 26.0. The standard InChI is InChI=1S/C36H37Cl2N3O5S/c1-2-34(36(43)39-28-11-9-10-12-28)40(24-26-17-18-27(37)23-33(26)38)35(42)25-41(47(44,45)32-15-7-4-8-16-32)29-19-21-31(22-20-29)46-30-13-5-3-6-14-30/h3-8,13-23,28,34H,2,9-12,24-25H2,1H3,(H,39,43)/t34-/m0/s1. The third kappa shape index (κ3) is 8.66. The number of para-hydroxylation sites is 1. The second-order valence-corrected chi connectivity index (χ2v) is 14.1. The molecule has 0 unspecified atom stereocenters. The molecule has 0 spiro atoms. The van der Waals surface area contributed by atoms with E-state index in [0.717, 1.165) is 30.0 Å². The van der Waals surface area contributed by atoms with Crippen molar-refractivity contribution < 1.29 is 22.7 Å². The van der Waals surface area contributed by atoms with Crippen molar-refractivity contribution in [3.63, 3.8) is 0 Å². The SMILES string of the molecule is CC[C@@H](C(=O)NC1CCCC1)N(Cc1ccc(Cl)cc1Cl)C(=O)CN(c1ccc(Oc2ccccc2)cc1)S(=O)(=O)c1ccccc1. The Morgan fingerprint density at radius 2 is 1.49 bits per heavy atom. The van der Waals surface area contributed by atoms with Gasteiger partial charge >= 0.3 is 0 Å². The lowest BCUT2D eigenvalue weighted by atomic mass is 10.1. The number of anilines is 1. The summed E-state index contributed by atoms with van der Waals surface area (Å²) < 4.78 is 35.2. The van der Waals surface area contributed by atoms with Crippen LogP contribution in [0.5, 0.6) is 11.5 Å². The number of ether oxygens (including phenoxy) is 1. The van der Waals surface area contributed by atoms with E-state index in [1.54, 1.807) is 60.7 Å². The minimum absolute atomic E-state index is 0.0193. The van der Waals surface area contributed by atoms with Crippen LogP contribution in [0, 0.1) is 0 Å². The van der Waals surface area contributed by atoms with Gasteiger partial charge in [0.15, 0.2) is 0 Å². The molecule has 4 aromatic rings. The first-order valence-electron chi connectivity index (χ1n) is 15.6. The quantitative estimate of drug-likeness (QED) is 0.154. The second kappa shape index (κ2) is 15.7. The molecule has 4 aromatic carbocycles. The van der Waals surface area contributed by atoms with Crippen LogP contribution < -0.4 is 14.4 Å². The van der Waals surface area contributed by atoms with Gasteiger partial charge in [0.05, 0.1) is 10.6 Å². The second-order valence-electron chi connectivity index (χ2n) is 11.4. The molecule has 0 bridgehead atoms. The van der Waals surface area contributed by atoms with Crippen molar-refractivity contribution in [3.05, 3.63) is 119 Å². The van der Waals surface area contributed by atoms with Crippen LogP contribution in [0.15, 0.2) is 108 Å². The van der Waals surface area contributed by atoms with E-state index in [1.165, 1.54) is 17.0 Å². The van der Waals surface area contributed by atoms with Crippen molar-refractivity contribution in [2.45, 2.75) is 62.6 Å². The largest absolute Gasteiger partial charge is 0.457 e. The van der Waals surface area contributed by atoms with Gasteiger partial charge in [0.25, 0.3) is 10.0 Å². The Morgan fingerprint density at radius 3 is 2.11 bits per heavy atom. The normalized spacial score (nSPS) is 13.9. The van der Waals surface area contributed by atoms with Crippen LogP contribution in [-0.2, 0) is 26.2 Å². The molecule has 1 N–H and O–H groups in total. The third-order valence-electron chi connectivity index (χ3n) is 8.16. The molecule has 5 rings (SSSR count). The van der Waals surface area contributed by atoms with E-state index in [2.05, 4.69) is 5.32 Å². The fourth-order valence-corrected chi connectivity index (χ4v) is 7.58. The van der Waals surface area contributed by atoms with Gasteiger partial charge in [-0.25, -0.2) is 8.42 Å². The number of nitrogens with zero attached hydrogens (tertiary/aromatic N) is 2. The van der Waals surface area contributed by atoms with Crippen molar-refractivity contribution in [3.8, 4) is 11.5 Å². The number of halogens is 2. The Labute approximate surface area is 286 Å². The summed E-state index contributed by atoms with van der Waals surface area (Å²) in [5.41, 5.74) is 0.840. The Hall–Kier alpha value is -4.05. The number of carbonyl (C=O) groups is 2. The van der Waals surface area contributed by atoms with Gasteiger partial charge in [0.2, 0.25) is 11.8 Å². The molecular formula is C36H37Cl2N3O5S. The average Bonchev–Trinajstić information content (AvgIpc) is 3.59. The van der Waals surface area contributed by atoms with Gasteiger partial charge in [-0.1, -0.05) is 85.4 Å². The van der Waals surface area contributed by atoms with Crippen LogP contribution in [0.3, 0.4) is 0 Å². The fraction of sp³-hybridized carbons (Fsp3) is 0.278. The van der Waals surface area contributed by atoms with Crippen molar-refractivity contribution >= 4 is 50.7 Å². The molecule has 246 valence electrons. The number of amides is 2. The number of carbonyl (C=O) groups excluding carboxylic acids is 2. The molecular weight excluding hydrogens is 657 g/mol. The first-order valence-corrected chi connectivity index (χ1v) is 17.8. The highest BCUT2D eigenvalue weighted by Gasteiger charge is 2.35. The van der Waals surface area contributed by atoms with E-state index in [4.69, 9.17) is 27.9 Å². The van der Waals surface area contributed by atoms with Gasteiger partial charge in [-0.15, -0.1) is 0 Å². The molecule has 0 heterocycles. The minimum atomic E-state index is -4.21. The van der Waals surface area contributed by atoms with Crippen LogP contribution in [0.25, 0.3) is 0 Å². The maximum atomic E-state index is 14.4. The summed E-state index contributed by atoms with van der Waals surface area (Å²) in [6, 6.07) is 27.7. The molecule has 2 amide bonds. The number of rotatable bonds is 13. The van der Waals surface area contributed by atoms with Crippen LogP contribution in [-0.4, -0.2) is 43.8 Å². The summed E-state index contributed by atoms with van der Waals surface area (Å²) >= 11 is 12.7. The smallest absolute Gasteiger partial charge is 0.264 e. The lowest BCUT2D eigenvalue weighted by Crippen LogP contribution is -2.53. The highest BCUT2D eigenvalue weighted by atomic mass is 35.5. The van der Waals surface area contributed by atoms with Gasteiger partial charge in [-0.3, -0.25) is 13.9 Å². The molecule has 0 radical (unpaired) electrons. The van der Waals surface area contributed by atoms with Gasteiger partial charge in [0.1, 0.15) is 24.1 Å². The maximum Gasteiger partial charge on any atom is 0.264 e. The van der Waals surface area contributed by atoms with Crippen molar-refractivity contribution in [2.75, 3.05) is 10.8 Å². The summed E-state index contributed by atoms with van der Waals surface area (Å²) in [6.45, 7) is 1.25. The number of hydrogen-bond donors (Lipinski definition) is 1. The van der Waals surface area contributed by atoms with Crippen LogP contribution in [0.2, 0.25) is 10.0 Å². The van der Waals surface area contributed by atoms with Crippen LogP contribution >= 0.6 is 23.2 Å². The molecule has 47 heavy (non-hydrogen) atoms. The fourth-order valence-electron chi connectivity index (χ4n) is 5.67.